The molecule has 0 amide bonds. The van der Waals surface area contributed by atoms with E-state index < -0.39 is 81.5 Å². The quantitative estimate of drug-likeness (QED) is 0.0106. The van der Waals surface area contributed by atoms with Gasteiger partial charge < -0.3 is 50.3 Å². The first kappa shape index (κ1) is 106. The van der Waals surface area contributed by atoms with Crippen molar-refractivity contribution in [1.29, 1.82) is 0 Å². The topological polar surface area (TPSA) is 433 Å². The van der Waals surface area contributed by atoms with Crippen molar-refractivity contribution in [2.45, 2.75) is 85.4 Å². The van der Waals surface area contributed by atoms with Gasteiger partial charge in [0.25, 0.3) is 40.1 Å². The minimum atomic E-state index is -4.54. The summed E-state index contributed by atoms with van der Waals surface area (Å²) in [6, 6.07) is 82.7. The van der Waals surface area contributed by atoms with Gasteiger partial charge >= 0.3 is 30.1 Å². The van der Waals surface area contributed by atoms with Crippen LogP contribution in [0.5, 0.6) is 40.2 Å². The minimum absolute atomic E-state index is 0.0160. The molecule has 0 saturated carbocycles. The molecule has 16 rings (SSSR count). The third-order valence-electron chi connectivity index (χ3n) is 21.3. The van der Waals surface area contributed by atoms with Crippen molar-refractivity contribution >= 4 is 177 Å². The van der Waals surface area contributed by atoms with Crippen molar-refractivity contribution < 1.29 is 121 Å². The number of aliphatic carboxylic acids is 4. The molecule has 0 spiro atoms. The zero-order valence-electron chi connectivity index (χ0n) is 76.2. The lowest BCUT2D eigenvalue weighted by atomic mass is 9.86. The van der Waals surface area contributed by atoms with E-state index in [-0.39, 0.29) is 136 Å². The van der Waals surface area contributed by atoms with Crippen LogP contribution in [0.4, 0.5) is 40.3 Å². The van der Waals surface area contributed by atoms with Crippen molar-refractivity contribution in [3.63, 3.8) is 0 Å². The van der Waals surface area contributed by atoms with E-state index in [1.807, 2.05) is 62.4 Å². The molecule has 738 valence electrons. The number of halogens is 4. The zero-order valence-corrected chi connectivity index (χ0v) is 82.7. The molecule has 143 heavy (non-hydrogen) atoms. The number of carbonyl (C=O) groups is 4. The summed E-state index contributed by atoms with van der Waals surface area (Å²) in [5, 5.41) is 81.8. The van der Waals surface area contributed by atoms with Crippen LogP contribution in [-0.2, 0) is 70.9 Å². The van der Waals surface area contributed by atoms with Crippen molar-refractivity contribution in [3.05, 3.63) is 332 Å². The van der Waals surface area contributed by atoms with Crippen LogP contribution in [-0.4, -0.2) is 128 Å². The molecule has 0 saturated heterocycles. The second-order valence-corrected chi connectivity index (χ2v) is 43.9. The zero-order chi connectivity index (χ0) is 103. The molecule has 16 aromatic rings. The molecule has 16 aromatic carbocycles. The maximum absolute atomic E-state index is 14.9. The van der Waals surface area contributed by atoms with Gasteiger partial charge in [-0.2, -0.15) is 13.2 Å². The second-order valence-electron chi connectivity index (χ2n) is 33.1. The van der Waals surface area contributed by atoms with E-state index in [1.54, 1.807) is 152 Å². The van der Waals surface area contributed by atoms with E-state index >= 15 is 0 Å². The Bertz CT molecular complexity index is 7990. The molecule has 0 atom stereocenters. The summed E-state index contributed by atoms with van der Waals surface area (Å²) < 4.78 is 182. The number of hydrogen-bond donors (Lipinski definition) is 12. The number of nitrogens with one attached hydrogen (secondary N) is 4. The lowest BCUT2D eigenvalue weighted by Crippen LogP contribution is -2.13. The van der Waals surface area contributed by atoms with Gasteiger partial charge in [0.15, 0.2) is 0 Å². The molecule has 0 aliphatic rings. The van der Waals surface area contributed by atoms with E-state index in [9.17, 15) is 90.8 Å². The minimum Gasteiger partial charge on any atom is -0.506 e. The Balaban J connectivity index is 0.000000160. The molecular weight excluding hydrogens is 2000 g/mol. The number of phenols is 4. The number of hydrogen-bond acceptors (Lipinski definition) is 22. The van der Waals surface area contributed by atoms with Gasteiger partial charge in [-0.05, 0) is 166 Å². The molecule has 0 aromatic heterocycles. The monoisotopic (exact) mass is 2090 g/mol. The van der Waals surface area contributed by atoms with Crippen molar-refractivity contribution in [2.24, 2.45) is 5.92 Å². The van der Waals surface area contributed by atoms with Crippen LogP contribution in [0.2, 0.25) is 0 Å². The lowest BCUT2D eigenvalue weighted by molar-refractivity contribution is -0.138. The number of benzene rings is 16. The third-order valence-corrected chi connectivity index (χ3v) is 30.8. The van der Waals surface area contributed by atoms with Gasteiger partial charge in [0.2, 0.25) is 0 Å². The Morgan fingerprint density at radius 2 is 0.629 bits per heavy atom. The van der Waals surface area contributed by atoms with Gasteiger partial charge in [-0.3, -0.25) is 38.1 Å². The number of fused-ring (bicyclic) bond motifs is 4. The average Bonchev–Trinajstić information content (AvgIpc) is 0.524. The molecule has 0 radical (unpaired) electrons. The summed E-state index contributed by atoms with van der Waals surface area (Å²) in [7, 11) is -16.3. The largest absolute Gasteiger partial charge is 0.506 e. The summed E-state index contributed by atoms with van der Waals surface area (Å²) in [5.74, 6) is -4.72. The molecule has 12 N–H and O–H groups in total. The molecule has 26 nitrogen and oxygen atoms in total. The lowest BCUT2D eigenvalue weighted by Gasteiger charge is -2.19. The van der Waals surface area contributed by atoms with Gasteiger partial charge in [-0.1, -0.05) is 223 Å². The van der Waals surface area contributed by atoms with Crippen molar-refractivity contribution in [2.75, 3.05) is 48.5 Å². The number of anilines is 4. The number of phenolic OH excluding ortho intramolecular Hbond substituents is 4. The maximum atomic E-state index is 14.9. The fraction of sp³-hybridized carbons (Fsp3) is 0.124. The predicted molar refractivity (Wildman–Crippen MR) is 552 cm³/mol. The van der Waals surface area contributed by atoms with Crippen LogP contribution < -0.4 is 28.4 Å². The standard InChI is InChI=1S/C28H26FNO6S2.C28H27NO5S2.C25H18F3NO5S2.C24H19NO6S2/c1-17(2)15-36-19-10-11-21(24(29)13-19)18-6-5-7-20(12-18)38(34,35)30-25-14-26(37-16-27(31)32)28(33)23-9-4-3-8-22(23)25;1-28(2,3)20-13-11-18(12-14-20)19-7-6-8-21(15-19)36(33,34)29-24-16-25(35-17-26(30)31)27(32)23-10-5-4-9-22(23)24;26-25(27,28)17-7-3-5-15(11-17)16-6-4-8-18(12-16)36(33,34)29-21-13-22(35-14-23(30)31)24(32)20-10-2-1-9-19(20)21;26-23(27)15-32-22-14-21(19-8-4-5-9-20(19)24(22)28)25-33(29,30)18-12-10-17(11-13-18)31-16-6-2-1-3-7-16/h3-14,17,30,33H,15-16H2,1-2H3,(H,31,32);4-16,29,32H,17H2,1-3H3,(H,30,31);1-13,29,32H,14H2,(H,30,31);1-14,25,28H,15H2,(H,26,27). The summed E-state index contributed by atoms with van der Waals surface area (Å²) in [4.78, 5) is 44.8. The van der Waals surface area contributed by atoms with Gasteiger partial charge in [-0.15, -0.1) is 47.0 Å². The average molecular weight is 2090 g/mol. The van der Waals surface area contributed by atoms with Crippen LogP contribution >= 0.6 is 47.0 Å². The van der Waals surface area contributed by atoms with Crippen LogP contribution in [0.15, 0.2) is 355 Å². The molecule has 0 aliphatic heterocycles. The number of carboxylic acids is 4. The first-order valence-corrected chi connectivity index (χ1v) is 53.0. The Hall–Kier alpha value is -14.6. The number of alkyl halides is 3. The number of ether oxygens (including phenoxy) is 2. The maximum Gasteiger partial charge on any atom is 0.416 e. The van der Waals surface area contributed by atoms with Gasteiger partial charge in [0, 0.05) is 54.7 Å². The first-order valence-electron chi connectivity index (χ1n) is 43.1. The molecule has 0 fully saturated rings. The van der Waals surface area contributed by atoms with E-state index in [0.29, 0.717) is 72.5 Å². The Kier molecular flexibility index (Phi) is 33.6. The van der Waals surface area contributed by atoms with Gasteiger partial charge in [0.05, 0.1) is 97.1 Å². The summed E-state index contributed by atoms with van der Waals surface area (Å²) >= 11 is 3.54. The van der Waals surface area contributed by atoms with Crippen LogP contribution in [0.1, 0.15) is 45.7 Å². The highest BCUT2D eigenvalue weighted by molar-refractivity contribution is 8.01. The molecule has 38 heteroatoms. The number of rotatable bonds is 32. The number of thioether (sulfide) groups is 4. The molecule has 0 heterocycles. The van der Waals surface area contributed by atoms with E-state index in [2.05, 4.69) is 39.7 Å². The SMILES string of the molecule is CC(C)(C)c1ccc(-c2cccc(S(=O)(=O)Nc3cc(SCC(=O)O)c(O)c4ccccc34)c2)cc1.CC(C)COc1ccc(-c2cccc(S(=O)(=O)Nc3cc(SCC(=O)O)c(O)c4ccccc34)c2)c(F)c1.O=C(O)CSc1cc(NS(=O)(=O)c2ccc(Oc3ccccc3)cc2)c2ccccc2c1O.O=C(O)CSc1cc(NS(=O)(=O)c2cccc(-c3cccc(C(F)(F)F)c3)c2)c2ccccc2c1O. The molecule has 0 aliphatic carbocycles. The molecule has 0 unspecified atom stereocenters. The van der Waals surface area contributed by atoms with Crippen LogP contribution in [0.25, 0.3) is 76.5 Å². The first-order chi connectivity index (χ1) is 67.8. The van der Waals surface area contributed by atoms with E-state index in [4.69, 9.17) is 29.9 Å². The number of para-hydroxylation sites is 1. The highest BCUT2D eigenvalue weighted by Crippen LogP contribution is 2.47. The van der Waals surface area contributed by atoms with E-state index in [1.165, 1.54) is 109 Å². The highest BCUT2D eigenvalue weighted by atomic mass is 32.2. The molecule has 0 bridgehead atoms. The summed E-state index contributed by atoms with van der Waals surface area (Å²) in [5.41, 5.74) is 3.88. The third kappa shape index (κ3) is 27.2. The van der Waals surface area contributed by atoms with Crippen LogP contribution in [0.3, 0.4) is 0 Å². The predicted octanol–water partition coefficient (Wildman–Crippen LogP) is 24.4. The van der Waals surface area contributed by atoms with Gasteiger partial charge in [0.1, 0.15) is 46.1 Å². The van der Waals surface area contributed by atoms with E-state index in [0.717, 1.165) is 70.3 Å². The Morgan fingerprint density at radius 3 is 0.972 bits per heavy atom. The summed E-state index contributed by atoms with van der Waals surface area (Å²) in [6.07, 6.45) is -4.54. The number of sulfonamides is 4. The van der Waals surface area contributed by atoms with Crippen LogP contribution in [0, 0.1) is 11.7 Å². The van der Waals surface area contributed by atoms with Crippen molar-refractivity contribution in [3.8, 4) is 73.6 Å². The summed E-state index contributed by atoms with van der Waals surface area (Å²) in [6.45, 7) is 10.8. The second kappa shape index (κ2) is 45.5. The van der Waals surface area contributed by atoms with Gasteiger partial charge in [-0.25, -0.2) is 38.1 Å². The van der Waals surface area contributed by atoms with Crippen molar-refractivity contribution in [1.82, 2.24) is 0 Å². The number of aromatic hydroxyl groups is 4. The normalized spacial score (nSPS) is 11.7. The highest BCUT2D eigenvalue weighted by Gasteiger charge is 2.32. The Labute approximate surface area is 837 Å². The smallest absolute Gasteiger partial charge is 0.416 e. The number of carboxylic acid groups (broad SMARTS) is 4. The Morgan fingerprint density at radius 1 is 0.322 bits per heavy atom. The fourth-order valence-electron chi connectivity index (χ4n) is 14.4. The fourth-order valence-corrected chi connectivity index (χ4v) is 21.8. The molecular formula is C105H90F4N4O22S8.